The minimum absolute atomic E-state index is 0.212. The van der Waals surface area contributed by atoms with Crippen molar-refractivity contribution in [2.45, 2.75) is 43.2 Å². The van der Waals surface area contributed by atoms with Crippen LogP contribution < -0.4 is 10.0 Å². The fourth-order valence-electron chi connectivity index (χ4n) is 3.39. The molecule has 1 saturated carbocycles. The second kappa shape index (κ2) is 7.50. The van der Waals surface area contributed by atoms with Crippen molar-refractivity contribution >= 4 is 32.2 Å². The van der Waals surface area contributed by atoms with Crippen LogP contribution in [0.5, 0.6) is 0 Å². The minimum Gasteiger partial charge on any atom is -0.380 e. The van der Waals surface area contributed by atoms with Crippen LogP contribution in [0.3, 0.4) is 0 Å². The standard InChI is InChI=1S/C17H23FN4O2S2/c1-11-9-16(26(23,24)21-17-19-7-8-25-17)12(18)10-14(11)20-13-5-4-6-15(13)22(2)3/h7-10,13,15,20H,4-6H2,1-3H3,(H,19,21)/t13-,15-/m0/s1. The van der Waals surface area contributed by atoms with Crippen molar-refractivity contribution in [2.24, 2.45) is 0 Å². The average molecular weight is 399 g/mol. The molecule has 1 aliphatic rings. The number of hydrogen-bond donors (Lipinski definition) is 2. The third kappa shape index (κ3) is 3.99. The quantitative estimate of drug-likeness (QED) is 0.781. The van der Waals surface area contributed by atoms with E-state index in [2.05, 4.69) is 19.9 Å². The first-order valence-corrected chi connectivity index (χ1v) is 10.8. The maximum absolute atomic E-state index is 14.6. The van der Waals surface area contributed by atoms with E-state index in [4.69, 9.17) is 0 Å². The minimum atomic E-state index is -4.02. The summed E-state index contributed by atoms with van der Waals surface area (Å²) in [6.45, 7) is 1.78. The predicted molar refractivity (Wildman–Crippen MR) is 103 cm³/mol. The summed E-state index contributed by atoms with van der Waals surface area (Å²) in [5.74, 6) is -0.776. The molecular formula is C17H23FN4O2S2. The van der Waals surface area contributed by atoms with Crippen LogP contribution in [0.15, 0.2) is 28.6 Å². The van der Waals surface area contributed by atoms with Gasteiger partial charge in [-0.05, 0) is 58.0 Å². The summed E-state index contributed by atoms with van der Waals surface area (Å²) in [7, 11) is 0.0618. The number of rotatable bonds is 6. The monoisotopic (exact) mass is 398 g/mol. The van der Waals surface area contributed by atoms with Gasteiger partial charge in [0, 0.05) is 29.3 Å². The van der Waals surface area contributed by atoms with Gasteiger partial charge in [-0.1, -0.05) is 0 Å². The summed E-state index contributed by atoms with van der Waals surface area (Å²) in [5, 5.41) is 5.26. The van der Waals surface area contributed by atoms with E-state index in [0.29, 0.717) is 17.3 Å². The van der Waals surface area contributed by atoms with Crippen molar-refractivity contribution in [1.82, 2.24) is 9.88 Å². The number of thiazole rings is 1. The normalized spacial score (nSPS) is 20.5. The molecule has 1 fully saturated rings. The summed E-state index contributed by atoms with van der Waals surface area (Å²) < 4.78 is 41.8. The van der Waals surface area contributed by atoms with E-state index in [1.165, 1.54) is 18.3 Å². The molecule has 0 saturated heterocycles. The maximum Gasteiger partial charge on any atom is 0.266 e. The van der Waals surface area contributed by atoms with Crippen LogP contribution in [0.1, 0.15) is 24.8 Å². The Morgan fingerprint density at radius 3 is 2.73 bits per heavy atom. The zero-order chi connectivity index (χ0) is 18.9. The molecule has 26 heavy (non-hydrogen) atoms. The first kappa shape index (κ1) is 19.1. The van der Waals surface area contributed by atoms with Gasteiger partial charge in [0.05, 0.1) is 0 Å². The first-order chi connectivity index (χ1) is 12.3. The second-order valence-electron chi connectivity index (χ2n) is 6.75. The molecule has 1 aromatic heterocycles. The van der Waals surface area contributed by atoms with Crippen LogP contribution in [0.25, 0.3) is 0 Å². The Balaban J connectivity index is 1.84. The summed E-state index contributed by atoms with van der Waals surface area (Å²) >= 11 is 1.14. The molecule has 1 aromatic carbocycles. The van der Waals surface area contributed by atoms with Crippen LogP contribution in [0.2, 0.25) is 0 Å². The van der Waals surface area contributed by atoms with Crippen molar-refractivity contribution in [3.8, 4) is 0 Å². The molecule has 0 amide bonds. The van der Waals surface area contributed by atoms with E-state index in [-0.39, 0.29) is 16.1 Å². The molecule has 2 aromatic rings. The van der Waals surface area contributed by atoms with E-state index in [9.17, 15) is 12.8 Å². The van der Waals surface area contributed by atoms with Crippen molar-refractivity contribution in [1.29, 1.82) is 0 Å². The van der Waals surface area contributed by atoms with Gasteiger partial charge in [-0.15, -0.1) is 11.3 Å². The SMILES string of the molecule is Cc1cc(S(=O)(=O)Nc2nccs2)c(F)cc1N[C@H]1CCC[C@@H]1N(C)C. The number of sulfonamides is 1. The van der Waals surface area contributed by atoms with Gasteiger partial charge < -0.3 is 10.2 Å². The highest BCUT2D eigenvalue weighted by Crippen LogP contribution is 2.30. The summed E-state index contributed by atoms with van der Waals surface area (Å²) in [4.78, 5) is 5.68. The number of likely N-dealkylation sites (N-methyl/N-ethyl adjacent to an activating group) is 1. The molecule has 2 atom stereocenters. The van der Waals surface area contributed by atoms with Gasteiger partial charge in [0.1, 0.15) is 10.7 Å². The number of aryl methyl sites for hydroxylation is 1. The molecule has 0 spiro atoms. The van der Waals surface area contributed by atoms with Crippen molar-refractivity contribution in [3.05, 3.63) is 35.1 Å². The Kier molecular flexibility index (Phi) is 5.50. The zero-order valence-electron chi connectivity index (χ0n) is 15.0. The Morgan fingerprint density at radius 2 is 2.08 bits per heavy atom. The van der Waals surface area contributed by atoms with Crippen molar-refractivity contribution < 1.29 is 12.8 Å². The third-order valence-corrected chi connectivity index (χ3v) is 6.88. The van der Waals surface area contributed by atoms with Crippen molar-refractivity contribution in [2.75, 3.05) is 24.1 Å². The van der Waals surface area contributed by atoms with Gasteiger partial charge in [-0.25, -0.2) is 17.8 Å². The van der Waals surface area contributed by atoms with E-state index in [1.807, 2.05) is 14.1 Å². The largest absolute Gasteiger partial charge is 0.380 e. The Morgan fingerprint density at radius 1 is 1.31 bits per heavy atom. The molecule has 1 aliphatic carbocycles. The van der Waals surface area contributed by atoms with Crippen LogP contribution in [-0.2, 0) is 10.0 Å². The molecule has 1 heterocycles. The van der Waals surface area contributed by atoms with Crippen LogP contribution in [-0.4, -0.2) is 44.5 Å². The zero-order valence-corrected chi connectivity index (χ0v) is 16.6. The fraction of sp³-hybridized carbons (Fsp3) is 0.471. The molecule has 142 valence electrons. The first-order valence-electron chi connectivity index (χ1n) is 8.43. The maximum atomic E-state index is 14.6. The Hall–Kier alpha value is -1.71. The molecule has 0 unspecified atom stereocenters. The Labute approximate surface area is 157 Å². The lowest BCUT2D eigenvalue weighted by molar-refractivity contribution is 0.285. The predicted octanol–water partition coefficient (Wildman–Crippen LogP) is 3.29. The van der Waals surface area contributed by atoms with E-state index >= 15 is 0 Å². The molecule has 2 N–H and O–H groups in total. The van der Waals surface area contributed by atoms with Gasteiger partial charge in [0.25, 0.3) is 10.0 Å². The topological polar surface area (TPSA) is 74.3 Å². The smallest absolute Gasteiger partial charge is 0.266 e. The lowest BCUT2D eigenvalue weighted by Crippen LogP contribution is -2.39. The van der Waals surface area contributed by atoms with Gasteiger partial charge in [-0.3, -0.25) is 4.72 Å². The van der Waals surface area contributed by atoms with Gasteiger partial charge in [-0.2, -0.15) is 0 Å². The molecule has 9 heteroatoms. The van der Waals surface area contributed by atoms with Crippen LogP contribution in [0, 0.1) is 12.7 Å². The number of halogens is 1. The summed E-state index contributed by atoms with van der Waals surface area (Å²) in [5.41, 5.74) is 1.32. The fourth-order valence-corrected chi connectivity index (χ4v) is 5.32. The second-order valence-corrected chi connectivity index (χ2v) is 9.30. The van der Waals surface area contributed by atoms with Crippen LogP contribution >= 0.6 is 11.3 Å². The van der Waals surface area contributed by atoms with Crippen LogP contribution in [0.4, 0.5) is 15.2 Å². The number of benzene rings is 1. The van der Waals surface area contributed by atoms with Crippen molar-refractivity contribution in [3.63, 3.8) is 0 Å². The van der Waals surface area contributed by atoms with E-state index in [0.717, 1.165) is 30.6 Å². The number of hydrogen-bond acceptors (Lipinski definition) is 6. The Bertz CT molecular complexity index is 869. The number of nitrogens with one attached hydrogen (secondary N) is 2. The highest BCUT2D eigenvalue weighted by molar-refractivity contribution is 7.93. The number of aromatic nitrogens is 1. The molecule has 0 radical (unpaired) electrons. The molecular weight excluding hydrogens is 375 g/mol. The highest BCUT2D eigenvalue weighted by atomic mass is 32.2. The molecule has 0 bridgehead atoms. The van der Waals surface area contributed by atoms with E-state index in [1.54, 1.807) is 12.3 Å². The lowest BCUT2D eigenvalue weighted by atomic mass is 10.1. The molecule has 3 rings (SSSR count). The molecule has 6 nitrogen and oxygen atoms in total. The number of anilines is 2. The van der Waals surface area contributed by atoms with Gasteiger partial charge in [0.15, 0.2) is 5.13 Å². The average Bonchev–Trinajstić information content (AvgIpc) is 3.21. The summed E-state index contributed by atoms with van der Waals surface area (Å²) in [6, 6.07) is 3.25. The highest BCUT2D eigenvalue weighted by Gasteiger charge is 2.29. The molecule has 0 aliphatic heterocycles. The van der Waals surface area contributed by atoms with E-state index < -0.39 is 15.8 Å². The van der Waals surface area contributed by atoms with Gasteiger partial charge >= 0.3 is 0 Å². The third-order valence-electron chi connectivity index (χ3n) is 4.71. The van der Waals surface area contributed by atoms with Gasteiger partial charge in [0.2, 0.25) is 0 Å². The summed E-state index contributed by atoms with van der Waals surface area (Å²) in [6.07, 6.45) is 4.71. The number of nitrogens with zero attached hydrogens (tertiary/aromatic N) is 2. The lowest BCUT2D eigenvalue weighted by Gasteiger charge is -2.28.